The van der Waals surface area contributed by atoms with Crippen molar-refractivity contribution in [3.63, 3.8) is 0 Å². The fourth-order valence-corrected chi connectivity index (χ4v) is 2.73. The Morgan fingerprint density at radius 3 is 2.24 bits per heavy atom. The SMILES string of the molecule is Cc1ccc(N2Cc3ccccc3C2)c(Cl)c1. The average Bonchev–Trinajstić information content (AvgIpc) is 2.72. The van der Waals surface area contributed by atoms with Gasteiger partial charge in [0.05, 0.1) is 10.7 Å². The minimum Gasteiger partial charge on any atom is -0.362 e. The van der Waals surface area contributed by atoms with Crippen LogP contribution in [0.5, 0.6) is 0 Å². The number of rotatable bonds is 1. The Balaban J connectivity index is 1.94. The minimum absolute atomic E-state index is 0.845. The first kappa shape index (κ1) is 10.7. The Morgan fingerprint density at radius 1 is 1.00 bits per heavy atom. The molecular weight excluding hydrogens is 230 g/mol. The van der Waals surface area contributed by atoms with E-state index in [4.69, 9.17) is 11.6 Å². The summed E-state index contributed by atoms with van der Waals surface area (Å²) in [6, 6.07) is 14.8. The molecule has 86 valence electrons. The van der Waals surface area contributed by atoms with Crippen molar-refractivity contribution in [1.82, 2.24) is 0 Å². The molecule has 2 aromatic carbocycles. The Hall–Kier alpha value is -1.47. The van der Waals surface area contributed by atoms with Crippen molar-refractivity contribution in [2.75, 3.05) is 4.90 Å². The third-order valence-electron chi connectivity index (χ3n) is 3.28. The molecule has 0 radical (unpaired) electrons. The van der Waals surface area contributed by atoms with Gasteiger partial charge >= 0.3 is 0 Å². The molecule has 0 fully saturated rings. The predicted octanol–water partition coefficient (Wildman–Crippen LogP) is 4.17. The van der Waals surface area contributed by atoms with Crippen LogP contribution in [0.1, 0.15) is 16.7 Å². The largest absolute Gasteiger partial charge is 0.362 e. The van der Waals surface area contributed by atoms with E-state index in [1.807, 2.05) is 6.07 Å². The summed E-state index contributed by atoms with van der Waals surface area (Å²) in [4.78, 5) is 2.33. The molecule has 17 heavy (non-hydrogen) atoms. The number of nitrogens with zero attached hydrogens (tertiary/aromatic N) is 1. The number of halogens is 1. The Bertz CT molecular complexity index is 538. The first-order chi connectivity index (χ1) is 8.24. The summed E-state index contributed by atoms with van der Waals surface area (Å²) < 4.78 is 0. The van der Waals surface area contributed by atoms with Crippen molar-refractivity contribution < 1.29 is 0 Å². The highest BCUT2D eigenvalue weighted by atomic mass is 35.5. The topological polar surface area (TPSA) is 3.24 Å². The van der Waals surface area contributed by atoms with Gasteiger partial charge in [-0.1, -0.05) is 41.9 Å². The van der Waals surface area contributed by atoms with Crippen molar-refractivity contribution in [2.24, 2.45) is 0 Å². The second-order valence-electron chi connectivity index (χ2n) is 4.58. The summed E-state index contributed by atoms with van der Waals surface area (Å²) in [7, 11) is 0. The standard InChI is InChI=1S/C15H14ClN/c1-11-6-7-15(14(16)8-11)17-9-12-4-2-3-5-13(12)10-17/h2-8H,9-10H2,1H3. The van der Waals surface area contributed by atoms with E-state index >= 15 is 0 Å². The minimum atomic E-state index is 0.845. The van der Waals surface area contributed by atoms with E-state index in [0.29, 0.717) is 0 Å². The summed E-state index contributed by atoms with van der Waals surface area (Å²) in [5.41, 5.74) is 5.15. The fourth-order valence-electron chi connectivity index (χ4n) is 2.37. The van der Waals surface area contributed by atoms with Crippen LogP contribution in [0.3, 0.4) is 0 Å². The van der Waals surface area contributed by atoms with Crippen LogP contribution in [0.25, 0.3) is 0 Å². The van der Waals surface area contributed by atoms with E-state index in [1.165, 1.54) is 16.7 Å². The lowest BCUT2D eigenvalue weighted by Crippen LogP contribution is -2.14. The van der Waals surface area contributed by atoms with E-state index in [9.17, 15) is 0 Å². The number of anilines is 1. The van der Waals surface area contributed by atoms with Crippen LogP contribution in [0.2, 0.25) is 5.02 Å². The molecule has 0 saturated carbocycles. The summed E-state index contributed by atoms with van der Waals surface area (Å²) >= 11 is 6.31. The Morgan fingerprint density at radius 2 is 1.65 bits per heavy atom. The summed E-state index contributed by atoms with van der Waals surface area (Å²) in [5, 5.41) is 0.845. The fraction of sp³-hybridized carbons (Fsp3) is 0.200. The maximum atomic E-state index is 6.31. The van der Waals surface area contributed by atoms with Crippen LogP contribution in [-0.4, -0.2) is 0 Å². The van der Waals surface area contributed by atoms with Gasteiger partial charge < -0.3 is 4.90 Å². The lowest BCUT2D eigenvalue weighted by Gasteiger charge is -2.19. The second kappa shape index (κ2) is 4.08. The van der Waals surface area contributed by atoms with Crippen LogP contribution in [0.4, 0.5) is 5.69 Å². The van der Waals surface area contributed by atoms with Crippen molar-refractivity contribution in [2.45, 2.75) is 20.0 Å². The zero-order chi connectivity index (χ0) is 11.8. The Kier molecular flexibility index (Phi) is 2.56. The summed E-state index contributed by atoms with van der Waals surface area (Å²) in [5.74, 6) is 0. The molecule has 1 heterocycles. The van der Waals surface area contributed by atoms with Crippen LogP contribution in [0, 0.1) is 6.92 Å². The quantitative estimate of drug-likeness (QED) is 0.727. The molecule has 0 N–H and O–H groups in total. The predicted molar refractivity (Wildman–Crippen MR) is 72.5 cm³/mol. The smallest absolute Gasteiger partial charge is 0.0642 e. The molecule has 1 nitrogen and oxygen atoms in total. The van der Waals surface area contributed by atoms with E-state index in [-0.39, 0.29) is 0 Å². The summed E-state index contributed by atoms with van der Waals surface area (Å²) in [6.45, 7) is 3.98. The van der Waals surface area contributed by atoms with E-state index < -0.39 is 0 Å². The molecule has 2 heteroatoms. The Labute approximate surface area is 107 Å². The van der Waals surface area contributed by atoms with Crippen LogP contribution in [0.15, 0.2) is 42.5 Å². The highest BCUT2D eigenvalue weighted by molar-refractivity contribution is 6.33. The van der Waals surface area contributed by atoms with Gasteiger partial charge in [-0.25, -0.2) is 0 Å². The zero-order valence-corrected chi connectivity index (χ0v) is 10.5. The van der Waals surface area contributed by atoms with E-state index in [0.717, 1.165) is 23.8 Å². The average molecular weight is 244 g/mol. The second-order valence-corrected chi connectivity index (χ2v) is 4.99. The molecule has 0 bridgehead atoms. The number of hydrogen-bond donors (Lipinski definition) is 0. The third-order valence-corrected chi connectivity index (χ3v) is 3.59. The number of aryl methyl sites for hydroxylation is 1. The molecule has 0 atom stereocenters. The van der Waals surface area contributed by atoms with Crippen LogP contribution in [-0.2, 0) is 13.1 Å². The molecule has 0 spiro atoms. The third kappa shape index (κ3) is 1.91. The molecule has 1 aliphatic heterocycles. The molecule has 0 aliphatic carbocycles. The van der Waals surface area contributed by atoms with Crippen LogP contribution >= 0.6 is 11.6 Å². The van der Waals surface area contributed by atoms with Gasteiger partial charge in [0.15, 0.2) is 0 Å². The van der Waals surface area contributed by atoms with Gasteiger partial charge in [0.25, 0.3) is 0 Å². The highest BCUT2D eigenvalue weighted by Crippen LogP contribution is 2.33. The maximum Gasteiger partial charge on any atom is 0.0642 e. The molecule has 1 aliphatic rings. The lowest BCUT2D eigenvalue weighted by atomic mass is 10.1. The lowest BCUT2D eigenvalue weighted by molar-refractivity contribution is 0.880. The van der Waals surface area contributed by atoms with Gasteiger partial charge in [0.2, 0.25) is 0 Å². The van der Waals surface area contributed by atoms with Crippen molar-refractivity contribution in [3.8, 4) is 0 Å². The zero-order valence-electron chi connectivity index (χ0n) is 9.78. The number of hydrogen-bond acceptors (Lipinski definition) is 1. The highest BCUT2D eigenvalue weighted by Gasteiger charge is 2.20. The molecule has 0 amide bonds. The molecule has 0 aromatic heterocycles. The van der Waals surface area contributed by atoms with Gasteiger partial charge in [-0.15, -0.1) is 0 Å². The summed E-state index contributed by atoms with van der Waals surface area (Å²) in [6.07, 6.45) is 0. The van der Waals surface area contributed by atoms with Crippen molar-refractivity contribution in [3.05, 3.63) is 64.2 Å². The number of benzene rings is 2. The van der Waals surface area contributed by atoms with E-state index in [1.54, 1.807) is 0 Å². The van der Waals surface area contributed by atoms with Crippen LogP contribution < -0.4 is 4.90 Å². The molecular formula is C15H14ClN. The first-order valence-electron chi connectivity index (χ1n) is 5.82. The van der Waals surface area contributed by atoms with Gasteiger partial charge in [0.1, 0.15) is 0 Å². The first-order valence-corrected chi connectivity index (χ1v) is 6.20. The van der Waals surface area contributed by atoms with E-state index in [2.05, 4.69) is 48.2 Å². The van der Waals surface area contributed by atoms with Gasteiger partial charge in [-0.05, 0) is 35.7 Å². The molecule has 0 unspecified atom stereocenters. The van der Waals surface area contributed by atoms with Crippen molar-refractivity contribution in [1.29, 1.82) is 0 Å². The van der Waals surface area contributed by atoms with Gasteiger partial charge in [-0.2, -0.15) is 0 Å². The maximum absolute atomic E-state index is 6.31. The van der Waals surface area contributed by atoms with Crippen molar-refractivity contribution >= 4 is 17.3 Å². The molecule has 0 saturated heterocycles. The van der Waals surface area contributed by atoms with Gasteiger partial charge in [0, 0.05) is 13.1 Å². The number of fused-ring (bicyclic) bond motifs is 1. The normalized spacial score (nSPS) is 13.9. The van der Waals surface area contributed by atoms with Gasteiger partial charge in [-0.3, -0.25) is 0 Å². The monoisotopic (exact) mass is 243 g/mol. The molecule has 2 aromatic rings. The molecule has 3 rings (SSSR count).